The Morgan fingerprint density at radius 2 is 1.16 bits per heavy atom. The van der Waals surface area contributed by atoms with E-state index in [-0.39, 0.29) is 48.3 Å². The van der Waals surface area contributed by atoms with Gasteiger partial charge in [-0.1, -0.05) is 43.9 Å². The smallest absolute Gasteiger partial charge is 0.414 e. The molecule has 3 amide bonds. The molecule has 0 heterocycles. The summed E-state index contributed by atoms with van der Waals surface area (Å²) in [7, 11) is -1.48. The molecular formula is C51H70N4O14Si. The molecule has 19 heteroatoms. The van der Waals surface area contributed by atoms with Crippen molar-refractivity contribution in [2.45, 2.75) is 157 Å². The number of carbonyl (C=O) groups excluding carboxylic acids is 7. The van der Waals surface area contributed by atoms with Gasteiger partial charge in [-0.15, -0.1) is 0 Å². The Morgan fingerprint density at radius 3 is 1.67 bits per heavy atom. The third-order valence-electron chi connectivity index (χ3n) is 8.75. The number of nitrogens with one attached hydrogen (secondary N) is 2. The van der Waals surface area contributed by atoms with E-state index in [1.165, 1.54) is 36.4 Å². The molecule has 0 spiro atoms. The van der Waals surface area contributed by atoms with E-state index < -0.39 is 85.1 Å². The number of esters is 4. The fraction of sp³-hybridized carbons (Fsp3) is 0.490. The SMILES string of the molecule is CC(C)(C)OC(=O)C[C@@H](C(=O)OC(C)(C)C)N(Cc1cccc(C(=O)OCC[Si](C)(C)C)c1)C(=O)OCc1ccc(OC(=O)c2ccc(N=C(NC(=O)OC(C)(C)C)NC(=O)OC(C)(C)C)cc2)cc1. The average molecular weight is 991 g/mol. The number of amides is 3. The fourth-order valence-electron chi connectivity index (χ4n) is 5.80. The number of guanidine groups is 1. The first kappa shape index (κ1) is 57.6. The highest BCUT2D eigenvalue weighted by Crippen LogP contribution is 2.23. The van der Waals surface area contributed by atoms with Crippen molar-refractivity contribution in [1.29, 1.82) is 0 Å². The summed E-state index contributed by atoms with van der Waals surface area (Å²) in [6.45, 7) is 26.3. The Bertz CT molecular complexity index is 2320. The van der Waals surface area contributed by atoms with Crippen molar-refractivity contribution >= 4 is 61.9 Å². The van der Waals surface area contributed by atoms with Gasteiger partial charge in [-0.2, -0.15) is 0 Å². The van der Waals surface area contributed by atoms with Gasteiger partial charge in [-0.25, -0.2) is 33.8 Å². The van der Waals surface area contributed by atoms with Crippen LogP contribution in [0.4, 0.5) is 20.1 Å². The van der Waals surface area contributed by atoms with E-state index in [4.69, 9.17) is 33.2 Å². The maximum Gasteiger partial charge on any atom is 0.414 e. The number of hydrogen-bond acceptors (Lipinski definition) is 15. The Labute approximate surface area is 412 Å². The van der Waals surface area contributed by atoms with E-state index >= 15 is 0 Å². The van der Waals surface area contributed by atoms with Gasteiger partial charge in [0.1, 0.15) is 40.8 Å². The highest BCUT2D eigenvalue weighted by molar-refractivity contribution is 6.76. The van der Waals surface area contributed by atoms with Crippen LogP contribution in [0.1, 0.15) is 121 Å². The third-order valence-corrected chi connectivity index (χ3v) is 10.5. The van der Waals surface area contributed by atoms with Gasteiger partial charge < -0.3 is 33.2 Å². The predicted octanol–water partition coefficient (Wildman–Crippen LogP) is 10.0. The number of hydrogen-bond donors (Lipinski definition) is 2. The van der Waals surface area contributed by atoms with E-state index in [2.05, 4.69) is 35.3 Å². The molecule has 3 aromatic carbocycles. The van der Waals surface area contributed by atoms with Crippen LogP contribution >= 0.6 is 0 Å². The molecule has 2 N–H and O–H groups in total. The van der Waals surface area contributed by atoms with Crippen LogP contribution in [0.2, 0.25) is 25.7 Å². The van der Waals surface area contributed by atoms with Crippen molar-refractivity contribution in [2.75, 3.05) is 6.61 Å². The van der Waals surface area contributed by atoms with E-state index in [1.54, 1.807) is 119 Å². The number of alkyl carbamates (subject to hydrolysis) is 2. The predicted molar refractivity (Wildman–Crippen MR) is 264 cm³/mol. The second-order valence-electron chi connectivity index (χ2n) is 21.5. The first-order valence-corrected chi connectivity index (χ1v) is 26.5. The molecule has 0 aromatic heterocycles. The van der Waals surface area contributed by atoms with Gasteiger partial charge in [0, 0.05) is 14.6 Å². The van der Waals surface area contributed by atoms with E-state index in [0.29, 0.717) is 11.1 Å². The van der Waals surface area contributed by atoms with Crippen molar-refractivity contribution in [3.63, 3.8) is 0 Å². The summed E-state index contributed by atoms with van der Waals surface area (Å²) in [5, 5.41) is 4.79. The van der Waals surface area contributed by atoms with Gasteiger partial charge in [0.2, 0.25) is 5.96 Å². The second-order valence-corrected chi connectivity index (χ2v) is 27.1. The lowest BCUT2D eigenvalue weighted by molar-refractivity contribution is -0.168. The van der Waals surface area contributed by atoms with Gasteiger partial charge in [0.15, 0.2) is 0 Å². The standard InChI is InChI=1S/C51H70N4O14Si/c1-48(2,3)66-40(56)30-39(43(59)67-49(4,5)6)55(31-34-17-16-18-36(29-34)41(57)63-27-28-70(13,14)15)47(62)64-32-33-19-25-38(26-20-33)65-42(58)35-21-23-37(24-22-35)52-44(53-45(60)68-50(7,8)9)54-46(61)69-51(10,11)12/h16-26,29,39H,27-28,30-32H2,1-15H3,(H2,52,53,54,60,61)/t39-/m0/s1. The molecule has 3 aromatic rings. The molecule has 0 fully saturated rings. The third kappa shape index (κ3) is 22.6. The Morgan fingerprint density at radius 1 is 0.614 bits per heavy atom. The number of carbonyl (C=O) groups is 7. The summed E-state index contributed by atoms with van der Waals surface area (Å²) in [6.07, 6.45) is -3.28. The first-order valence-electron chi connectivity index (χ1n) is 22.8. The van der Waals surface area contributed by atoms with E-state index in [1.807, 2.05) is 0 Å². The summed E-state index contributed by atoms with van der Waals surface area (Å²) < 4.78 is 38.7. The van der Waals surface area contributed by atoms with Gasteiger partial charge >= 0.3 is 42.2 Å². The topological polar surface area (TPSA) is 224 Å². The normalized spacial score (nSPS) is 12.3. The number of nitrogens with zero attached hydrogens (tertiary/aromatic N) is 2. The van der Waals surface area contributed by atoms with Crippen molar-refractivity contribution in [2.24, 2.45) is 4.99 Å². The molecule has 70 heavy (non-hydrogen) atoms. The molecule has 0 aliphatic heterocycles. The average Bonchev–Trinajstić information content (AvgIpc) is 3.18. The van der Waals surface area contributed by atoms with Crippen LogP contribution in [0.3, 0.4) is 0 Å². The molecule has 3 rings (SSSR count). The van der Waals surface area contributed by atoms with E-state index in [9.17, 15) is 33.6 Å². The zero-order chi connectivity index (χ0) is 52.8. The molecular weight excluding hydrogens is 921 g/mol. The van der Waals surface area contributed by atoms with Gasteiger partial charge in [0.25, 0.3) is 0 Å². The van der Waals surface area contributed by atoms with Crippen LogP contribution in [0.25, 0.3) is 0 Å². The van der Waals surface area contributed by atoms with Gasteiger partial charge in [-0.3, -0.25) is 20.3 Å². The first-order chi connectivity index (χ1) is 32.1. The number of ether oxygens (including phenoxy) is 7. The number of aliphatic imine (C=N–C) groups is 1. The summed E-state index contributed by atoms with van der Waals surface area (Å²) >= 11 is 0. The van der Waals surface area contributed by atoms with Crippen LogP contribution in [-0.2, 0) is 51.2 Å². The molecule has 0 aliphatic carbocycles. The molecule has 18 nitrogen and oxygen atoms in total. The van der Waals surface area contributed by atoms with Crippen molar-refractivity contribution in [3.05, 3.63) is 95.1 Å². The minimum atomic E-state index is -1.50. The Balaban J connectivity index is 1.82. The lowest BCUT2D eigenvalue weighted by atomic mass is 10.1. The molecule has 0 bridgehead atoms. The summed E-state index contributed by atoms with van der Waals surface area (Å²) in [6, 6.07) is 17.6. The van der Waals surface area contributed by atoms with Crippen LogP contribution in [0.15, 0.2) is 77.8 Å². The maximum atomic E-state index is 14.1. The number of rotatable bonds is 15. The number of benzene rings is 3. The van der Waals surface area contributed by atoms with Gasteiger partial charge in [0.05, 0.1) is 29.8 Å². The molecule has 0 saturated carbocycles. The molecule has 1 atom stereocenters. The van der Waals surface area contributed by atoms with Crippen molar-refractivity contribution in [1.82, 2.24) is 15.5 Å². The molecule has 0 radical (unpaired) electrons. The van der Waals surface area contributed by atoms with Crippen molar-refractivity contribution < 1.29 is 66.7 Å². The minimum absolute atomic E-state index is 0.147. The fourth-order valence-corrected chi connectivity index (χ4v) is 6.51. The highest BCUT2D eigenvalue weighted by Gasteiger charge is 2.38. The van der Waals surface area contributed by atoms with Gasteiger partial charge in [-0.05, 0) is 149 Å². The summed E-state index contributed by atoms with van der Waals surface area (Å²) in [5.41, 5.74) is -2.00. The lowest BCUT2D eigenvalue weighted by Crippen LogP contribution is -2.48. The lowest BCUT2D eigenvalue weighted by Gasteiger charge is -2.32. The van der Waals surface area contributed by atoms with Crippen LogP contribution in [0.5, 0.6) is 5.75 Å². The maximum absolute atomic E-state index is 14.1. The molecule has 382 valence electrons. The van der Waals surface area contributed by atoms with Crippen LogP contribution < -0.4 is 15.4 Å². The molecule has 0 saturated heterocycles. The second kappa shape index (κ2) is 24.2. The minimum Gasteiger partial charge on any atom is -0.462 e. The zero-order valence-electron chi connectivity index (χ0n) is 43.2. The summed E-state index contributed by atoms with van der Waals surface area (Å²) in [4.78, 5) is 97.8. The zero-order valence-corrected chi connectivity index (χ0v) is 44.2. The Hall–Kier alpha value is -6.76. The van der Waals surface area contributed by atoms with Crippen LogP contribution in [-0.4, -0.2) is 96.1 Å². The van der Waals surface area contributed by atoms with Crippen molar-refractivity contribution in [3.8, 4) is 5.75 Å². The molecule has 0 aliphatic rings. The monoisotopic (exact) mass is 990 g/mol. The highest BCUT2D eigenvalue weighted by atomic mass is 28.3. The largest absolute Gasteiger partial charge is 0.462 e. The quantitative estimate of drug-likeness (QED) is 0.0361. The van der Waals surface area contributed by atoms with Crippen LogP contribution in [0, 0.1) is 0 Å². The van der Waals surface area contributed by atoms with E-state index in [0.717, 1.165) is 10.9 Å². The summed E-state index contributed by atoms with van der Waals surface area (Å²) in [5.74, 6) is -3.01. The molecule has 0 unspecified atom stereocenters. The Kier molecular flexibility index (Phi) is 19.9.